The number of hydrogen-bond donors (Lipinski definition) is 2. The highest BCUT2D eigenvalue weighted by Gasteiger charge is 2.31. The second kappa shape index (κ2) is 3.09. The van der Waals surface area contributed by atoms with Crippen LogP contribution in [0.15, 0.2) is 0 Å². The summed E-state index contributed by atoms with van der Waals surface area (Å²) in [5, 5.41) is 8.83. The van der Waals surface area contributed by atoms with Crippen LogP contribution in [0.3, 0.4) is 0 Å². The summed E-state index contributed by atoms with van der Waals surface area (Å²) in [5.41, 5.74) is 2.43. The third-order valence-electron chi connectivity index (χ3n) is 3.03. The van der Waals surface area contributed by atoms with E-state index in [9.17, 15) is 0 Å². The van der Waals surface area contributed by atoms with Gasteiger partial charge in [-0.15, -0.1) is 0 Å². The molecule has 11 heavy (non-hydrogen) atoms. The largest absolute Gasteiger partial charge is 0.317 e. The molecule has 0 aliphatic carbocycles. The maximum atomic E-state index is 8.83. The molecule has 2 saturated heterocycles. The quantitative estimate of drug-likeness (QED) is 0.541. The zero-order valence-corrected chi connectivity index (χ0v) is 6.79. The van der Waals surface area contributed by atoms with Crippen molar-refractivity contribution < 1.29 is 5.21 Å². The van der Waals surface area contributed by atoms with Gasteiger partial charge in [0.25, 0.3) is 0 Å². The van der Waals surface area contributed by atoms with Crippen LogP contribution in [0.2, 0.25) is 0 Å². The molecule has 3 nitrogen and oxygen atoms in total. The number of piperidine rings is 2. The molecule has 64 valence electrons. The van der Waals surface area contributed by atoms with Gasteiger partial charge in [-0.1, -0.05) is 0 Å². The summed E-state index contributed by atoms with van der Waals surface area (Å²) in [6, 6.07) is 0.367. The summed E-state index contributed by atoms with van der Waals surface area (Å²) in [6.45, 7) is 3.63. The molecular weight excluding hydrogens is 140 g/mol. The van der Waals surface area contributed by atoms with E-state index in [4.69, 9.17) is 5.21 Å². The lowest BCUT2D eigenvalue weighted by Crippen LogP contribution is -2.51. The normalized spacial score (nSPS) is 43.9. The van der Waals surface area contributed by atoms with Gasteiger partial charge in [-0.2, -0.15) is 0 Å². The lowest BCUT2D eigenvalue weighted by Gasteiger charge is -2.41. The van der Waals surface area contributed by atoms with Crippen LogP contribution in [0.1, 0.15) is 19.3 Å². The Morgan fingerprint density at radius 2 is 2.18 bits per heavy atom. The van der Waals surface area contributed by atoms with E-state index in [0.29, 0.717) is 12.0 Å². The van der Waals surface area contributed by atoms with Crippen LogP contribution < -0.4 is 5.48 Å². The monoisotopic (exact) mass is 156 g/mol. The van der Waals surface area contributed by atoms with E-state index < -0.39 is 0 Å². The maximum Gasteiger partial charge on any atom is 0.0372 e. The van der Waals surface area contributed by atoms with Gasteiger partial charge in [0, 0.05) is 12.6 Å². The number of rotatable bonds is 1. The molecule has 0 aromatic carbocycles. The van der Waals surface area contributed by atoms with Crippen molar-refractivity contribution in [3.8, 4) is 0 Å². The zero-order chi connectivity index (χ0) is 7.68. The first kappa shape index (κ1) is 7.53. The molecule has 2 N–H and O–H groups in total. The third kappa shape index (κ3) is 1.41. The number of nitrogens with zero attached hydrogens (tertiary/aromatic N) is 1. The van der Waals surface area contributed by atoms with Gasteiger partial charge >= 0.3 is 0 Å². The van der Waals surface area contributed by atoms with Gasteiger partial charge in [0.1, 0.15) is 0 Å². The Labute approximate surface area is 67.3 Å². The van der Waals surface area contributed by atoms with Crippen molar-refractivity contribution in [2.45, 2.75) is 25.3 Å². The van der Waals surface area contributed by atoms with E-state index in [1.54, 1.807) is 0 Å². The predicted molar refractivity (Wildman–Crippen MR) is 42.5 cm³/mol. The van der Waals surface area contributed by atoms with E-state index in [-0.39, 0.29) is 0 Å². The summed E-state index contributed by atoms with van der Waals surface area (Å²) in [6.07, 6.45) is 3.71. The van der Waals surface area contributed by atoms with E-state index >= 15 is 0 Å². The smallest absolute Gasteiger partial charge is 0.0372 e. The van der Waals surface area contributed by atoms with E-state index in [0.717, 1.165) is 13.0 Å². The molecule has 0 aromatic rings. The highest BCUT2D eigenvalue weighted by molar-refractivity contribution is 4.86. The van der Waals surface area contributed by atoms with Crippen LogP contribution in [0.25, 0.3) is 0 Å². The van der Waals surface area contributed by atoms with Crippen LogP contribution in [-0.4, -0.2) is 35.8 Å². The fourth-order valence-electron chi connectivity index (χ4n) is 2.35. The standard InChI is InChI=1S/C8H16N2O/c11-9-8-3-5-10-4-1-2-7(8)6-10/h7-9,11H,1-6H2. The second-order valence-corrected chi connectivity index (χ2v) is 3.73. The van der Waals surface area contributed by atoms with Crippen molar-refractivity contribution in [2.24, 2.45) is 5.92 Å². The average Bonchev–Trinajstić information content (AvgIpc) is 2.06. The predicted octanol–water partition coefficient (Wildman–Crippen LogP) is 0.450. The summed E-state index contributed by atoms with van der Waals surface area (Å²) in [4.78, 5) is 2.50. The molecule has 0 amide bonds. The summed E-state index contributed by atoms with van der Waals surface area (Å²) >= 11 is 0. The second-order valence-electron chi connectivity index (χ2n) is 3.73. The minimum Gasteiger partial charge on any atom is -0.317 e. The summed E-state index contributed by atoms with van der Waals surface area (Å²) in [7, 11) is 0. The molecule has 0 spiro atoms. The molecule has 2 bridgehead atoms. The number of hydrogen-bond acceptors (Lipinski definition) is 3. The van der Waals surface area contributed by atoms with Gasteiger partial charge in [0.2, 0.25) is 0 Å². The van der Waals surface area contributed by atoms with Gasteiger partial charge in [-0.05, 0) is 38.3 Å². The van der Waals surface area contributed by atoms with Crippen molar-refractivity contribution in [1.29, 1.82) is 0 Å². The fourth-order valence-corrected chi connectivity index (χ4v) is 2.35. The van der Waals surface area contributed by atoms with Gasteiger partial charge in [0.15, 0.2) is 0 Å². The molecule has 3 heteroatoms. The van der Waals surface area contributed by atoms with Crippen molar-refractivity contribution >= 4 is 0 Å². The Morgan fingerprint density at radius 3 is 3.00 bits per heavy atom. The van der Waals surface area contributed by atoms with Crippen LogP contribution in [-0.2, 0) is 0 Å². The number of nitrogens with one attached hydrogen (secondary N) is 1. The molecule has 2 fully saturated rings. The highest BCUT2D eigenvalue weighted by atomic mass is 16.5. The molecule has 2 aliphatic rings. The fraction of sp³-hybridized carbons (Fsp3) is 1.00. The SMILES string of the molecule is ONC1CCN2CCCC1C2. The Balaban J connectivity index is 1.97. The van der Waals surface area contributed by atoms with Crippen molar-refractivity contribution in [3.05, 3.63) is 0 Å². The maximum absolute atomic E-state index is 8.83. The minimum absolute atomic E-state index is 0.367. The average molecular weight is 156 g/mol. The molecule has 2 aliphatic heterocycles. The van der Waals surface area contributed by atoms with Crippen molar-refractivity contribution in [1.82, 2.24) is 10.4 Å². The molecule has 0 radical (unpaired) electrons. The lowest BCUT2D eigenvalue weighted by atomic mass is 9.85. The Kier molecular flexibility index (Phi) is 2.11. The first-order chi connectivity index (χ1) is 5.40. The minimum atomic E-state index is 0.367. The number of hydroxylamine groups is 1. The molecule has 2 rings (SSSR count). The van der Waals surface area contributed by atoms with Crippen LogP contribution >= 0.6 is 0 Å². The van der Waals surface area contributed by atoms with E-state index in [1.165, 1.54) is 25.9 Å². The van der Waals surface area contributed by atoms with Gasteiger partial charge in [-0.25, -0.2) is 5.48 Å². The number of fused-ring (bicyclic) bond motifs is 2. The third-order valence-corrected chi connectivity index (χ3v) is 3.03. The van der Waals surface area contributed by atoms with Gasteiger partial charge < -0.3 is 10.1 Å². The molecule has 2 heterocycles. The lowest BCUT2D eigenvalue weighted by molar-refractivity contribution is 0.0225. The van der Waals surface area contributed by atoms with Crippen molar-refractivity contribution in [2.75, 3.05) is 19.6 Å². The van der Waals surface area contributed by atoms with Gasteiger partial charge in [-0.3, -0.25) is 0 Å². The molecular formula is C8H16N2O. The molecule has 0 aromatic heterocycles. The first-order valence-corrected chi connectivity index (χ1v) is 4.52. The highest BCUT2D eigenvalue weighted by Crippen LogP contribution is 2.25. The Bertz CT molecular complexity index is 140. The topological polar surface area (TPSA) is 35.5 Å². The zero-order valence-electron chi connectivity index (χ0n) is 6.79. The van der Waals surface area contributed by atoms with Crippen LogP contribution in [0.5, 0.6) is 0 Å². The molecule has 3 atom stereocenters. The van der Waals surface area contributed by atoms with Crippen LogP contribution in [0.4, 0.5) is 0 Å². The summed E-state index contributed by atoms with van der Waals surface area (Å²) < 4.78 is 0. The first-order valence-electron chi connectivity index (χ1n) is 4.52. The Morgan fingerprint density at radius 1 is 1.27 bits per heavy atom. The van der Waals surface area contributed by atoms with E-state index in [1.807, 2.05) is 0 Å². The van der Waals surface area contributed by atoms with Crippen LogP contribution in [0, 0.1) is 5.92 Å². The van der Waals surface area contributed by atoms with E-state index in [2.05, 4.69) is 10.4 Å². The molecule has 0 saturated carbocycles. The van der Waals surface area contributed by atoms with Gasteiger partial charge in [0.05, 0.1) is 0 Å². The summed E-state index contributed by atoms with van der Waals surface area (Å²) in [5.74, 6) is 0.697. The Hall–Kier alpha value is -0.120. The molecule has 3 unspecified atom stereocenters. The van der Waals surface area contributed by atoms with Crippen molar-refractivity contribution in [3.63, 3.8) is 0 Å².